The van der Waals surface area contributed by atoms with E-state index in [0.29, 0.717) is 18.8 Å². The molecule has 28 heavy (non-hydrogen) atoms. The quantitative estimate of drug-likeness (QED) is 0.659. The molecule has 2 aromatic carbocycles. The lowest BCUT2D eigenvalue weighted by atomic mass is 10.1. The minimum Gasteiger partial charge on any atom is -0.496 e. The summed E-state index contributed by atoms with van der Waals surface area (Å²) in [6, 6.07) is 9.34. The lowest BCUT2D eigenvalue weighted by Crippen LogP contribution is -3.28. The molecule has 1 aliphatic rings. The van der Waals surface area contributed by atoms with Crippen LogP contribution in [0.1, 0.15) is 11.1 Å². The molecule has 3 rings (SSSR count). The van der Waals surface area contributed by atoms with Crippen LogP contribution in [0.3, 0.4) is 0 Å². The van der Waals surface area contributed by atoms with Gasteiger partial charge in [-0.05, 0) is 42.8 Å². The molecular weight excluding hydrogens is 364 g/mol. The molecule has 2 aromatic rings. The van der Waals surface area contributed by atoms with E-state index in [1.807, 2.05) is 0 Å². The van der Waals surface area contributed by atoms with Crippen LogP contribution in [0.2, 0.25) is 0 Å². The highest BCUT2D eigenvalue weighted by Gasteiger charge is 2.26. The lowest BCUT2D eigenvalue weighted by molar-refractivity contribution is -1.02. The van der Waals surface area contributed by atoms with Gasteiger partial charge in [-0.3, -0.25) is 4.79 Å². The molecule has 1 amide bonds. The van der Waals surface area contributed by atoms with Crippen LogP contribution < -0.4 is 19.9 Å². The fourth-order valence-corrected chi connectivity index (χ4v) is 3.61. The number of aryl methyl sites for hydroxylation is 1. The van der Waals surface area contributed by atoms with Crippen molar-refractivity contribution in [3.05, 3.63) is 59.2 Å². The van der Waals surface area contributed by atoms with Gasteiger partial charge in [0.1, 0.15) is 50.1 Å². The molecule has 0 spiro atoms. The highest BCUT2D eigenvalue weighted by molar-refractivity contribution is 5.91. The van der Waals surface area contributed by atoms with Crippen LogP contribution in [0.15, 0.2) is 36.4 Å². The van der Waals surface area contributed by atoms with Gasteiger partial charge in [-0.2, -0.15) is 0 Å². The summed E-state index contributed by atoms with van der Waals surface area (Å²) >= 11 is 0. The molecule has 0 radical (unpaired) electrons. The molecule has 5 nitrogen and oxygen atoms in total. The van der Waals surface area contributed by atoms with Gasteiger partial charge >= 0.3 is 0 Å². The number of amides is 1. The van der Waals surface area contributed by atoms with E-state index in [4.69, 9.17) is 4.74 Å². The van der Waals surface area contributed by atoms with Gasteiger partial charge in [0.25, 0.3) is 5.91 Å². The van der Waals surface area contributed by atoms with Crippen LogP contribution in [0.4, 0.5) is 14.5 Å². The zero-order chi connectivity index (χ0) is 20.1. The second kappa shape index (κ2) is 9.12. The molecule has 0 unspecified atom stereocenters. The van der Waals surface area contributed by atoms with Gasteiger partial charge in [0.2, 0.25) is 0 Å². The fraction of sp³-hybridized carbons (Fsp3) is 0.381. The van der Waals surface area contributed by atoms with Crippen molar-refractivity contribution < 1.29 is 28.1 Å². The van der Waals surface area contributed by atoms with Gasteiger partial charge in [-0.25, -0.2) is 8.78 Å². The van der Waals surface area contributed by atoms with E-state index < -0.39 is 5.82 Å². The average molecular weight is 391 g/mol. The zero-order valence-electron chi connectivity index (χ0n) is 16.3. The monoisotopic (exact) mass is 391 g/mol. The van der Waals surface area contributed by atoms with Crippen LogP contribution in [-0.2, 0) is 11.3 Å². The number of halogens is 2. The van der Waals surface area contributed by atoms with Crippen molar-refractivity contribution in [2.45, 2.75) is 13.5 Å². The van der Waals surface area contributed by atoms with E-state index >= 15 is 0 Å². The number of anilines is 1. The summed E-state index contributed by atoms with van der Waals surface area (Å²) in [4.78, 5) is 14.7. The second-order valence-electron chi connectivity index (χ2n) is 7.34. The molecule has 7 heteroatoms. The Morgan fingerprint density at radius 1 is 1.07 bits per heavy atom. The number of quaternary nitrogens is 2. The van der Waals surface area contributed by atoms with Gasteiger partial charge in [0.15, 0.2) is 6.54 Å². The summed E-state index contributed by atoms with van der Waals surface area (Å²) in [5.74, 6) is -0.169. The molecule has 0 aliphatic carbocycles. The van der Waals surface area contributed by atoms with Crippen molar-refractivity contribution in [3.63, 3.8) is 0 Å². The minimum atomic E-state index is -0.415. The first-order chi connectivity index (χ1) is 13.4. The zero-order valence-corrected chi connectivity index (χ0v) is 16.3. The number of hydrogen-bond acceptors (Lipinski definition) is 2. The predicted octanol–water partition coefficient (Wildman–Crippen LogP) is 0.204. The van der Waals surface area contributed by atoms with Crippen LogP contribution in [0.25, 0.3) is 0 Å². The van der Waals surface area contributed by atoms with E-state index in [2.05, 4.69) is 5.32 Å². The Morgan fingerprint density at radius 3 is 2.46 bits per heavy atom. The minimum absolute atomic E-state index is 0.187. The number of hydrogen-bond donors (Lipinski definition) is 3. The van der Waals surface area contributed by atoms with Crippen LogP contribution in [0.5, 0.6) is 5.75 Å². The maximum absolute atomic E-state index is 13.9. The number of carbonyl (C=O) groups is 1. The maximum atomic E-state index is 13.9. The molecule has 1 saturated heterocycles. The van der Waals surface area contributed by atoms with E-state index in [1.54, 1.807) is 32.2 Å². The predicted molar refractivity (Wildman–Crippen MR) is 103 cm³/mol. The molecule has 1 heterocycles. The Kier molecular flexibility index (Phi) is 6.59. The molecule has 0 saturated carbocycles. The largest absolute Gasteiger partial charge is 0.496 e. The number of ether oxygens (including phenoxy) is 1. The Hall–Kier alpha value is -2.51. The third-order valence-corrected chi connectivity index (χ3v) is 5.16. The van der Waals surface area contributed by atoms with Crippen molar-refractivity contribution in [1.29, 1.82) is 0 Å². The van der Waals surface area contributed by atoms with Crippen molar-refractivity contribution in [1.82, 2.24) is 0 Å². The first-order valence-corrected chi connectivity index (χ1v) is 9.50. The smallest absolute Gasteiger partial charge is 0.279 e. The van der Waals surface area contributed by atoms with Gasteiger partial charge < -0.3 is 19.9 Å². The van der Waals surface area contributed by atoms with Crippen LogP contribution in [-0.4, -0.2) is 45.7 Å². The molecule has 1 fully saturated rings. The second-order valence-corrected chi connectivity index (χ2v) is 7.34. The summed E-state index contributed by atoms with van der Waals surface area (Å²) in [5.41, 5.74) is 1.89. The molecule has 3 N–H and O–H groups in total. The Morgan fingerprint density at radius 2 is 1.79 bits per heavy atom. The van der Waals surface area contributed by atoms with Gasteiger partial charge in [-0.15, -0.1) is 0 Å². The molecular formula is C21H27F2N3O2+2. The standard InChI is InChI=1S/C21H25F2N3O2/c1-15-3-5-19(18(23)11-15)24-21(27)14-26-9-7-25(8-10-26)13-16-12-17(22)4-6-20(16)28-2/h3-6,11-12H,7-10,13-14H2,1-2H3,(H,24,27)/p+2. The average Bonchev–Trinajstić information content (AvgIpc) is 2.66. The first-order valence-electron chi connectivity index (χ1n) is 9.50. The van der Waals surface area contributed by atoms with E-state index in [1.165, 1.54) is 28.0 Å². The van der Waals surface area contributed by atoms with Crippen LogP contribution in [0, 0.1) is 18.6 Å². The van der Waals surface area contributed by atoms with Crippen molar-refractivity contribution in [2.75, 3.05) is 45.2 Å². The van der Waals surface area contributed by atoms with Crippen LogP contribution >= 0.6 is 0 Å². The number of methoxy groups -OCH3 is 1. The Balaban J connectivity index is 1.49. The summed E-state index contributed by atoms with van der Waals surface area (Å²) in [6.45, 7) is 6.22. The molecule has 1 aliphatic heterocycles. The normalized spacial score (nSPS) is 19.3. The summed E-state index contributed by atoms with van der Waals surface area (Å²) < 4.78 is 32.7. The topological polar surface area (TPSA) is 47.2 Å². The molecule has 0 bridgehead atoms. The van der Waals surface area contributed by atoms with Gasteiger partial charge in [0, 0.05) is 0 Å². The third kappa shape index (κ3) is 5.27. The number of rotatable bonds is 6. The Bertz CT molecular complexity index is 836. The summed E-state index contributed by atoms with van der Waals surface area (Å²) in [6.07, 6.45) is 0. The molecule has 150 valence electrons. The fourth-order valence-electron chi connectivity index (χ4n) is 3.61. The summed E-state index contributed by atoms with van der Waals surface area (Å²) in [5, 5.41) is 2.66. The third-order valence-electron chi connectivity index (χ3n) is 5.16. The summed E-state index contributed by atoms with van der Waals surface area (Å²) in [7, 11) is 1.59. The Labute approximate surface area is 163 Å². The van der Waals surface area contributed by atoms with Gasteiger partial charge in [-0.1, -0.05) is 6.07 Å². The van der Waals surface area contributed by atoms with Crippen molar-refractivity contribution >= 4 is 11.6 Å². The van der Waals surface area contributed by atoms with E-state index in [-0.39, 0.29) is 17.4 Å². The number of nitrogens with one attached hydrogen (secondary N) is 3. The SMILES string of the molecule is COc1ccc(F)cc1C[NH+]1CC[NH+](CC(=O)Nc2ccc(C)cc2F)CC1. The number of benzene rings is 2. The highest BCUT2D eigenvalue weighted by Crippen LogP contribution is 2.18. The van der Waals surface area contributed by atoms with Crippen molar-refractivity contribution in [3.8, 4) is 5.75 Å². The highest BCUT2D eigenvalue weighted by atomic mass is 19.1. The first kappa shape index (κ1) is 20.2. The number of carbonyl (C=O) groups excluding carboxylic acids is 1. The molecule has 0 atom stereocenters. The lowest BCUT2D eigenvalue weighted by Gasteiger charge is -2.29. The van der Waals surface area contributed by atoms with E-state index in [9.17, 15) is 13.6 Å². The maximum Gasteiger partial charge on any atom is 0.279 e. The van der Waals surface area contributed by atoms with E-state index in [0.717, 1.165) is 37.3 Å². The van der Waals surface area contributed by atoms with Gasteiger partial charge in [0.05, 0.1) is 18.4 Å². The number of piperazine rings is 1. The van der Waals surface area contributed by atoms with Crippen molar-refractivity contribution in [2.24, 2.45) is 0 Å². The molecule has 0 aromatic heterocycles.